The first-order chi connectivity index (χ1) is 6.25. The van der Waals surface area contributed by atoms with Crippen LogP contribution in [0.2, 0.25) is 0 Å². The van der Waals surface area contributed by atoms with E-state index in [2.05, 4.69) is 14.7 Å². The van der Waals surface area contributed by atoms with Crippen molar-refractivity contribution >= 4 is 22.6 Å². The van der Waals surface area contributed by atoms with Crippen LogP contribution in [-0.4, -0.2) is 15.3 Å². The molecular weight excluding hydrogens is 186 g/mol. The van der Waals surface area contributed by atoms with Crippen LogP contribution >= 0.6 is 11.5 Å². The lowest BCUT2D eigenvalue weighted by molar-refractivity contribution is -0.122. The normalized spacial score (nSPS) is 16.7. The standard InChI is InChI=1S/C8H11N3OS/c1-5-9-8(13-11-5)10-7(12)6-3-2-4-6/h6H,2-4H2,1H3,(H,9,10,11,12). The average Bonchev–Trinajstić information content (AvgIpc) is 2.31. The monoisotopic (exact) mass is 197 g/mol. The van der Waals surface area contributed by atoms with Gasteiger partial charge in [0.15, 0.2) is 0 Å². The van der Waals surface area contributed by atoms with Gasteiger partial charge in [0.1, 0.15) is 5.82 Å². The van der Waals surface area contributed by atoms with Crippen molar-refractivity contribution in [3.8, 4) is 0 Å². The van der Waals surface area contributed by atoms with Crippen molar-refractivity contribution < 1.29 is 4.79 Å². The third-order valence-electron chi connectivity index (χ3n) is 2.23. The van der Waals surface area contributed by atoms with Crippen LogP contribution in [0.25, 0.3) is 0 Å². The number of hydrogen-bond acceptors (Lipinski definition) is 4. The molecule has 0 saturated heterocycles. The van der Waals surface area contributed by atoms with Gasteiger partial charge >= 0.3 is 0 Å². The van der Waals surface area contributed by atoms with Crippen molar-refractivity contribution in [2.24, 2.45) is 5.92 Å². The summed E-state index contributed by atoms with van der Waals surface area (Å²) < 4.78 is 3.99. The molecule has 0 aromatic carbocycles. The summed E-state index contributed by atoms with van der Waals surface area (Å²) in [5.41, 5.74) is 0. The maximum Gasteiger partial charge on any atom is 0.229 e. The Morgan fingerprint density at radius 2 is 2.38 bits per heavy atom. The Morgan fingerprint density at radius 1 is 1.62 bits per heavy atom. The number of hydrogen-bond donors (Lipinski definition) is 1. The molecule has 0 unspecified atom stereocenters. The summed E-state index contributed by atoms with van der Waals surface area (Å²) in [5.74, 6) is 1.03. The molecule has 1 fully saturated rings. The molecule has 0 bridgehead atoms. The van der Waals surface area contributed by atoms with E-state index in [0.717, 1.165) is 12.8 Å². The molecule has 0 aliphatic heterocycles. The minimum atomic E-state index is 0.0994. The van der Waals surface area contributed by atoms with Crippen molar-refractivity contribution in [2.75, 3.05) is 5.32 Å². The largest absolute Gasteiger partial charge is 0.300 e. The molecule has 70 valence electrons. The second kappa shape index (κ2) is 3.41. The van der Waals surface area contributed by atoms with Crippen LogP contribution in [0.1, 0.15) is 25.1 Å². The Morgan fingerprint density at radius 3 is 2.85 bits per heavy atom. The van der Waals surface area contributed by atoms with Crippen LogP contribution in [0.5, 0.6) is 0 Å². The fourth-order valence-corrected chi connectivity index (χ4v) is 1.80. The molecule has 0 spiro atoms. The predicted octanol–water partition coefficient (Wildman–Crippen LogP) is 1.59. The highest BCUT2D eigenvalue weighted by Gasteiger charge is 2.25. The lowest BCUT2D eigenvalue weighted by Gasteiger charge is -2.23. The van der Waals surface area contributed by atoms with Crippen LogP contribution in [0.15, 0.2) is 0 Å². The van der Waals surface area contributed by atoms with E-state index in [1.165, 1.54) is 18.0 Å². The number of rotatable bonds is 2. The summed E-state index contributed by atoms with van der Waals surface area (Å²) in [7, 11) is 0. The number of aryl methyl sites for hydroxylation is 1. The third kappa shape index (κ3) is 1.85. The summed E-state index contributed by atoms with van der Waals surface area (Å²) in [6, 6.07) is 0. The summed E-state index contributed by atoms with van der Waals surface area (Å²) in [5, 5.41) is 3.39. The van der Waals surface area contributed by atoms with E-state index >= 15 is 0 Å². The molecule has 1 amide bonds. The minimum absolute atomic E-state index is 0.0994. The molecule has 1 aromatic rings. The van der Waals surface area contributed by atoms with Gasteiger partial charge in [0.05, 0.1) is 0 Å². The SMILES string of the molecule is Cc1nsc(NC(=O)C2CCC2)n1. The Bertz CT molecular complexity index is 319. The van der Waals surface area contributed by atoms with Crippen molar-refractivity contribution in [2.45, 2.75) is 26.2 Å². The summed E-state index contributed by atoms with van der Waals surface area (Å²) in [6.07, 6.45) is 3.21. The smallest absolute Gasteiger partial charge is 0.229 e. The highest BCUT2D eigenvalue weighted by Crippen LogP contribution is 2.27. The second-order valence-electron chi connectivity index (χ2n) is 3.26. The zero-order valence-electron chi connectivity index (χ0n) is 7.41. The maximum atomic E-state index is 11.4. The molecule has 1 aliphatic carbocycles. The van der Waals surface area contributed by atoms with Crippen LogP contribution < -0.4 is 5.32 Å². The molecule has 1 heterocycles. The number of nitrogens with one attached hydrogen (secondary N) is 1. The lowest BCUT2D eigenvalue weighted by atomic mass is 9.85. The molecule has 2 rings (SSSR count). The van der Waals surface area contributed by atoms with Crippen LogP contribution in [-0.2, 0) is 4.79 Å². The quantitative estimate of drug-likeness (QED) is 0.783. The summed E-state index contributed by atoms with van der Waals surface area (Å²) in [6.45, 7) is 1.81. The van der Waals surface area contributed by atoms with E-state index in [0.29, 0.717) is 11.0 Å². The van der Waals surface area contributed by atoms with Gasteiger partial charge in [-0.15, -0.1) is 0 Å². The zero-order chi connectivity index (χ0) is 9.26. The van der Waals surface area contributed by atoms with Crippen molar-refractivity contribution in [1.82, 2.24) is 9.36 Å². The van der Waals surface area contributed by atoms with Crippen molar-refractivity contribution in [3.05, 3.63) is 5.82 Å². The average molecular weight is 197 g/mol. The first kappa shape index (κ1) is 8.62. The zero-order valence-corrected chi connectivity index (χ0v) is 8.23. The van der Waals surface area contributed by atoms with Crippen LogP contribution in [0, 0.1) is 12.8 Å². The first-order valence-corrected chi connectivity index (χ1v) is 5.14. The number of amides is 1. The van der Waals surface area contributed by atoms with Crippen LogP contribution in [0.3, 0.4) is 0 Å². The number of carbonyl (C=O) groups excluding carboxylic acids is 1. The van der Waals surface area contributed by atoms with E-state index < -0.39 is 0 Å². The maximum absolute atomic E-state index is 11.4. The summed E-state index contributed by atoms with van der Waals surface area (Å²) in [4.78, 5) is 15.5. The molecule has 4 nitrogen and oxygen atoms in total. The molecule has 0 atom stereocenters. The van der Waals surface area contributed by atoms with E-state index in [9.17, 15) is 4.79 Å². The second-order valence-corrected chi connectivity index (χ2v) is 4.02. The number of nitrogens with zero attached hydrogens (tertiary/aromatic N) is 2. The Balaban J connectivity index is 1.93. The molecule has 5 heteroatoms. The number of anilines is 1. The molecule has 1 saturated carbocycles. The Labute approximate surface area is 80.5 Å². The van der Waals surface area contributed by atoms with E-state index in [1.54, 1.807) is 0 Å². The lowest BCUT2D eigenvalue weighted by Crippen LogP contribution is -2.27. The van der Waals surface area contributed by atoms with Crippen molar-refractivity contribution in [3.63, 3.8) is 0 Å². The summed E-state index contributed by atoms with van der Waals surface area (Å²) >= 11 is 1.24. The molecule has 1 aromatic heterocycles. The van der Waals surface area contributed by atoms with Gasteiger partial charge in [0.25, 0.3) is 0 Å². The third-order valence-corrected chi connectivity index (χ3v) is 2.96. The molecular formula is C8H11N3OS. The first-order valence-electron chi connectivity index (χ1n) is 4.37. The van der Waals surface area contributed by atoms with Gasteiger partial charge in [-0.25, -0.2) is 4.98 Å². The van der Waals surface area contributed by atoms with Gasteiger partial charge in [0, 0.05) is 17.5 Å². The van der Waals surface area contributed by atoms with Gasteiger partial charge in [-0.05, 0) is 19.8 Å². The number of aromatic nitrogens is 2. The van der Waals surface area contributed by atoms with Gasteiger partial charge in [-0.1, -0.05) is 6.42 Å². The van der Waals surface area contributed by atoms with Gasteiger partial charge in [-0.3, -0.25) is 4.79 Å². The van der Waals surface area contributed by atoms with E-state index in [4.69, 9.17) is 0 Å². The highest BCUT2D eigenvalue weighted by molar-refractivity contribution is 7.09. The van der Waals surface area contributed by atoms with Gasteiger partial charge < -0.3 is 5.32 Å². The molecule has 1 N–H and O–H groups in total. The van der Waals surface area contributed by atoms with Gasteiger partial charge in [0.2, 0.25) is 11.0 Å². The fourth-order valence-electron chi connectivity index (χ4n) is 1.23. The van der Waals surface area contributed by atoms with E-state index in [1.807, 2.05) is 6.92 Å². The molecule has 13 heavy (non-hydrogen) atoms. The van der Waals surface area contributed by atoms with E-state index in [-0.39, 0.29) is 11.8 Å². The highest BCUT2D eigenvalue weighted by atomic mass is 32.1. The molecule has 0 radical (unpaired) electrons. The van der Waals surface area contributed by atoms with Crippen LogP contribution in [0.4, 0.5) is 5.13 Å². The van der Waals surface area contributed by atoms with Crippen molar-refractivity contribution in [1.29, 1.82) is 0 Å². The fraction of sp³-hybridized carbons (Fsp3) is 0.625. The Hall–Kier alpha value is -0.970. The van der Waals surface area contributed by atoms with Gasteiger partial charge in [-0.2, -0.15) is 4.37 Å². The number of carbonyl (C=O) groups is 1. The Kier molecular flexibility index (Phi) is 2.26. The molecule has 1 aliphatic rings. The minimum Gasteiger partial charge on any atom is -0.300 e. The topological polar surface area (TPSA) is 54.9 Å². The predicted molar refractivity (Wildman–Crippen MR) is 50.6 cm³/mol.